The Balaban J connectivity index is 1.73. The second-order valence-electron chi connectivity index (χ2n) is 9.98. The molecule has 35 heavy (non-hydrogen) atoms. The molecule has 0 aliphatic carbocycles. The summed E-state index contributed by atoms with van der Waals surface area (Å²) in [6.45, 7) is 9.18. The van der Waals surface area contributed by atoms with Crippen LogP contribution in [0.5, 0.6) is 0 Å². The van der Waals surface area contributed by atoms with Crippen LogP contribution in [-0.2, 0) is 20.9 Å². The minimum Gasteiger partial charge on any atom is -0.405 e. The minimum atomic E-state index is -4.57. The van der Waals surface area contributed by atoms with Crippen LogP contribution in [0.4, 0.5) is 13.2 Å². The smallest absolute Gasteiger partial charge is 0.405 e. The lowest BCUT2D eigenvalue weighted by Crippen LogP contribution is -2.49. The van der Waals surface area contributed by atoms with Crippen molar-refractivity contribution >= 4 is 40.4 Å². The number of imidazole rings is 1. The highest BCUT2D eigenvalue weighted by atomic mass is 32.2. The SMILES string of the molecule is CC(C)(C)[Si](C)(C)OC(Cc1nc2c(cnc3c2ccn3S(=O)(=O)c2ccccc2)[nH]1)C(F)(F)F. The van der Waals surface area contributed by atoms with E-state index in [2.05, 4.69) is 15.0 Å². The summed E-state index contributed by atoms with van der Waals surface area (Å²) in [5, 5.41) is 0.0199. The zero-order chi connectivity index (χ0) is 25.8. The van der Waals surface area contributed by atoms with Gasteiger partial charge in [-0.3, -0.25) is 0 Å². The van der Waals surface area contributed by atoms with Crippen molar-refractivity contribution in [2.24, 2.45) is 0 Å². The molecule has 0 fully saturated rings. The summed E-state index contributed by atoms with van der Waals surface area (Å²) in [5.74, 6) is 0.0917. The van der Waals surface area contributed by atoms with Crippen molar-refractivity contribution < 1.29 is 26.0 Å². The van der Waals surface area contributed by atoms with Crippen LogP contribution in [0.2, 0.25) is 18.1 Å². The van der Waals surface area contributed by atoms with Crippen molar-refractivity contribution in [2.45, 2.75) is 62.5 Å². The molecule has 1 unspecified atom stereocenters. The lowest BCUT2D eigenvalue weighted by atomic mass is 10.2. The van der Waals surface area contributed by atoms with E-state index in [-0.39, 0.29) is 16.4 Å². The zero-order valence-corrected chi connectivity index (χ0v) is 21.8. The fourth-order valence-corrected chi connectivity index (χ4v) is 6.11. The molecule has 188 valence electrons. The summed E-state index contributed by atoms with van der Waals surface area (Å²) >= 11 is 0. The number of benzene rings is 1. The quantitative estimate of drug-likeness (QED) is 0.330. The Morgan fingerprint density at radius 1 is 1.11 bits per heavy atom. The predicted molar refractivity (Wildman–Crippen MR) is 130 cm³/mol. The molecule has 0 amide bonds. The van der Waals surface area contributed by atoms with Crippen molar-refractivity contribution in [3.05, 3.63) is 54.6 Å². The van der Waals surface area contributed by atoms with E-state index < -0.39 is 42.1 Å². The second kappa shape index (κ2) is 8.45. The van der Waals surface area contributed by atoms with Crippen molar-refractivity contribution in [3.8, 4) is 0 Å². The molecule has 3 aromatic heterocycles. The third-order valence-corrected chi connectivity index (χ3v) is 12.6. The number of halogens is 3. The molecule has 0 saturated heterocycles. The first-order valence-electron chi connectivity index (χ1n) is 11.0. The Morgan fingerprint density at radius 3 is 2.37 bits per heavy atom. The summed E-state index contributed by atoms with van der Waals surface area (Å²) in [4.78, 5) is 11.6. The van der Waals surface area contributed by atoms with E-state index in [1.165, 1.54) is 24.5 Å². The molecule has 0 radical (unpaired) electrons. The molecule has 7 nitrogen and oxygen atoms in total. The van der Waals surface area contributed by atoms with Crippen LogP contribution >= 0.6 is 0 Å². The molecule has 0 bridgehead atoms. The molecule has 1 N–H and O–H groups in total. The molecule has 4 rings (SSSR count). The third-order valence-electron chi connectivity index (χ3n) is 6.47. The predicted octanol–water partition coefficient (Wildman–Crippen LogP) is 5.64. The Bertz CT molecular complexity index is 1470. The Hall–Kier alpha value is -2.70. The lowest BCUT2D eigenvalue weighted by molar-refractivity contribution is -0.198. The highest BCUT2D eigenvalue weighted by Gasteiger charge is 2.48. The number of fused-ring (bicyclic) bond motifs is 3. The Labute approximate surface area is 202 Å². The summed E-state index contributed by atoms with van der Waals surface area (Å²) < 4.78 is 74.6. The van der Waals surface area contributed by atoms with E-state index in [4.69, 9.17) is 4.43 Å². The van der Waals surface area contributed by atoms with Crippen LogP contribution in [0, 0.1) is 0 Å². The topological polar surface area (TPSA) is 89.9 Å². The molecule has 4 aromatic rings. The number of H-pyrrole nitrogens is 1. The van der Waals surface area contributed by atoms with Crippen molar-refractivity contribution in [1.82, 2.24) is 18.9 Å². The summed E-state index contributed by atoms with van der Waals surface area (Å²) in [6.07, 6.45) is -4.34. The third kappa shape index (κ3) is 4.74. The highest BCUT2D eigenvalue weighted by Crippen LogP contribution is 2.40. The second-order valence-corrected chi connectivity index (χ2v) is 16.6. The number of hydrogen-bond acceptors (Lipinski definition) is 5. The van der Waals surface area contributed by atoms with E-state index in [1.807, 2.05) is 20.8 Å². The largest absolute Gasteiger partial charge is 0.413 e. The molecule has 0 saturated carbocycles. The molecule has 12 heteroatoms. The van der Waals surface area contributed by atoms with Gasteiger partial charge in [0.25, 0.3) is 10.0 Å². The number of hydrogen-bond donors (Lipinski definition) is 1. The van der Waals surface area contributed by atoms with Crippen molar-refractivity contribution in [2.75, 3.05) is 0 Å². The molecule has 0 aliphatic rings. The van der Waals surface area contributed by atoms with Crippen LogP contribution in [0.3, 0.4) is 0 Å². The maximum Gasteiger partial charge on any atom is 0.413 e. The van der Waals surface area contributed by atoms with Gasteiger partial charge < -0.3 is 9.41 Å². The normalized spacial score (nSPS) is 14.6. The van der Waals surface area contributed by atoms with E-state index in [9.17, 15) is 21.6 Å². The Kier molecular flexibility index (Phi) is 6.13. The molecular formula is C23H27F3N4O3SSi. The number of aromatic amines is 1. The number of rotatable bonds is 6. The number of nitrogens with one attached hydrogen (secondary N) is 1. The fourth-order valence-electron chi connectivity index (χ4n) is 3.51. The van der Waals surface area contributed by atoms with Crippen LogP contribution in [0.1, 0.15) is 26.6 Å². The van der Waals surface area contributed by atoms with Crippen LogP contribution in [0.15, 0.2) is 53.7 Å². The first-order valence-corrected chi connectivity index (χ1v) is 15.4. The van der Waals surface area contributed by atoms with Crippen LogP contribution in [0.25, 0.3) is 22.1 Å². The van der Waals surface area contributed by atoms with Crippen molar-refractivity contribution in [3.63, 3.8) is 0 Å². The minimum absolute atomic E-state index is 0.0917. The maximum atomic E-state index is 13.9. The number of nitrogens with zero attached hydrogens (tertiary/aromatic N) is 3. The number of aromatic nitrogens is 4. The molecule has 0 spiro atoms. The van der Waals surface area contributed by atoms with Gasteiger partial charge in [0, 0.05) is 18.0 Å². The number of alkyl halides is 3. The maximum absolute atomic E-state index is 13.9. The van der Waals surface area contributed by atoms with Gasteiger partial charge >= 0.3 is 6.18 Å². The summed E-state index contributed by atoms with van der Waals surface area (Å²) in [5.41, 5.74) is 0.903. The van der Waals surface area contributed by atoms with E-state index in [0.717, 1.165) is 3.97 Å². The molecule has 1 aromatic carbocycles. The standard InChI is InChI=1S/C23H27F3N4O3SSi/c1-22(2,3)35(4,5)33-18(23(24,25)26)13-19-28-17-14-27-21-16(20(17)29-19)11-12-30(21)34(31,32)15-9-7-6-8-10-15/h6-12,14,18H,13H2,1-5H3,(H,28,29). The van der Waals surface area contributed by atoms with Gasteiger partial charge in [-0.15, -0.1) is 0 Å². The molecular weight excluding hydrogens is 497 g/mol. The summed E-state index contributed by atoms with van der Waals surface area (Å²) in [6, 6.07) is 9.45. The lowest BCUT2D eigenvalue weighted by Gasteiger charge is -2.39. The monoisotopic (exact) mass is 524 g/mol. The van der Waals surface area contributed by atoms with E-state index in [0.29, 0.717) is 16.4 Å². The van der Waals surface area contributed by atoms with Crippen molar-refractivity contribution in [1.29, 1.82) is 0 Å². The molecule has 0 aliphatic heterocycles. The van der Waals surface area contributed by atoms with E-state index in [1.54, 1.807) is 37.4 Å². The summed E-state index contributed by atoms with van der Waals surface area (Å²) in [7, 11) is -6.61. The first-order chi connectivity index (χ1) is 16.1. The van der Waals surface area contributed by atoms with Gasteiger partial charge in [0.15, 0.2) is 14.0 Å². The average molecular weight is 525 g/mol. The Morgan fingerprint density at radius 2 is 1.77 bits per heavy atom. The van der Waals surface area contributed by atoms with Gasteiger partial charge in [-0.2, -0.15) is 13.2 Å². The average Bonchev–Trinajstić information content (AvgIpc) is 3.36. The molecule has 3 heterocycles. The fraction of sp³-hybridized carbons (Fsp3) is 0.391. The van der Waals surface area contributed by atoms with Gasteiger partial charge in [0.2, 0.25) is 0 Å². The zero-order valence-electron chi connectivity index (χ0n) is 20.0. The van der Waals surface area contributed by atoms with Gasteiger partial charge in [-0.25, -0.2) is 22.4 Å². The van der Waals surface area contributed by atoms with Gasteiger partial charge in [-0.05, 0) is 36.3 Å². The molecule has 1 atom stereocenters. The first kappa shape index (κ1) is 25.4. The number of pyridine rings is 1. The van der Waals surface area contributed by atoms with Gasteiger partial charge in [-0.1, -0.05) is 39.0 Å². The van der Waals surface area contributed by atoms with Gasteiger partial charge in [0.05, 0.1) is 16.6 Å². The van der Waals surface area contributed by atoms with Crippen LogP contribution < -0.4 is 0 Å². The highest BCUT2D eigenvalue weighted by molar-refractivity contribution is 7.90. The van der Waals surface area contributed by atoms with E-state index >= 15 is 0 Å². The van der Waals surface area contributed by atoms with Crippen LogP contribution in [-0.4, -0.2) is 47.9 Å². The van der Waals surface area contributed by atoms with Gasteiger partial charge in [0.1, 0.15) is 17.4 Å².